The van der Waals surface area contributed by atoms with Crippen LogP contribution in [0.1, 0.15) is 34.0 Å². The standard InChI is InChI=1S/C18H15BrF3N3OS/c1-2-27-15-4-3-10(8-23)5-11(15)9-25-17(26)13-6-12(18(20,21)22)7-14(19)16(13)24/h3-7H,2,9,24H2,1H3,(H,25,26). The number of nitrogen functional groups attached to an aromatic ring is 1. The number of hydrogen-bond donors (Lipinski definition) is 2. The maximum absolute atomic E-state index is 13.0. The van der Waals surface area contributed by atoms with Gasteiger partial charge in [0.15, 0.2) is 0 Å². The molecule has 27 heavy (non-hydrogen) atoms. The number of nitriles is 1. The molecule has 0 saturated carbocycles. The maximum Gasteiger partial charge on any atom is 0.416 e. The first-order chi connectivity index (χ1) is 12.7. The molecule has 9 heteroatoms. The lowest BCUT2D eigenvalue weighted by atomic mass is 10.1. The molecule has 1 amide bonds. The van der Waals surface area contributed by atoms with E-state index >= 15 is 0 Å². The lowest BCUT2D eigenvalue weighted by Gasteiger charge is -2.14. The van der Waals surface area contributed by atoms with E-state index in [1.165, 1.54) is 11.8 Å². The van der Waals surface area contributed by atoms with Crippen LogP contribution >= 0.6 is 27.7 Å². The molecule has 0 radical (unpaired) electrons. The van der Waals surface area contributed by atoms with Gasteiger partial charge in [0.1, 0.15) is 0 Å². The molecule has 2 aromatic carbocycles. The van der Waals surface area contributed by atoms with E-state index in [0.717, 1.165) is 22.8 Å². The maximum atomic E-state index is 13.0. The summed E-state index contributed by atoms with van der Waals surface area (Å²) < 4.78 is 39.0. The molecule has 0 spiro atoms. The first-order valence-corrected chi connectivity index (χ1v) is 9.55. The highest BCUT2D eigenvalue weighted by Gasteiger charge is 2.32. The zero-order valence-electron chi connectivity index (χ0n) is 14.2. The largest absolute Gasteiger partial charge is 0.416 e. The van der Waals surface area contributed by atoms with Crippen LogP contribution in [0.2, 0.25) is 0 Å². The Morgan fingerprint density at radius 2 is 2.04 bits per heavy atom. The molecule has 0 heterocycles. The van der Waals surface area contributed by atoms with Crippen LogP contribution in [-0.2, 0) is 12.7 Å². The van der Waals surface area contributed by atoms with Crippen molar-refractivity contribution in [3.8, 4) is 6.07 Å². The number of thioether (sulfide) groups is 1. The van der Waals surface area contributed by atoms with Gasteiger partial charge >= 0.3 is 6.18 Å². The van der Waals surface area contributed by atoms with Crippen LogP contribution in [0, 0.1) is 11.3 Å². The molecule has 0 aliphatic rings. The number of carbonyl (C=O) groups is 1. The Kier molecular flexibility index (Phi) is 6.78. The Morgan fingerprint density at radius 3 is 2.63 bits per heavy atom. The number of carbonyl (C=O) groups excluding carboxylic acids is 1. The van der Waals surface area contributed by atoms with Crippen molar-refractivity contribution in [1.82, 2.24) is 5.32 Å². The van der Waals surface area contributed by atoms with E-state index in [-0.39, 0.29) is 22.3 Å². The average Bonchev–Trinajstić information content (AvgIpc) is 2.62. The van der Waals surface area contributed by atoms with Crippen LogP contribution in [0.5, 0.6) is 0 Å². The van der Waals surface area contributed by atoms with Gasteiger partial charge in [-0.2, -0.15) is 18.4 Å². The summed E-state index contributed by atoms with van der Waals surface area (Å²) in [5.41, 5.74) is 5.59. The molecule has 2 aromatic rings. The highest BCUT2D eigenvalue weighted by molar-refractivity contribution is 9.10. The zero-order valence-corrected chi connectivity index (χ0v) is 16.6. The number of halogens is 4. The van der Waals surface area contributed by atoms with Crippen molar-refractivity contribution in [1.29, 1.82) is 5.26 Å². The first-order valence-electron chi connectivity index (χ1n) is 7.77. The van der Waals surface area contributed by atoms with Crippen molar-refractivity contribution >= 4 is 39.3 Å². The van der Waals surface area contributed by atoms with Gasteiger partial charge in [-0.05, 0) is 57.6 Å². The minimum Gasteiger partial charge on any atom is -0.397 e. The Balaban J connectivity index is 2.29. The van der Waals surface area contributed by atoms with Crippen molar-refractivity contribution in [3.63, 3.8) is 0 Å². The third kappa shape index (κ3) is 5.17. The summed E-state index contributed by atoms with van der Waals surface area (Å²) in [4.78, 5) is 13.3. The smallest absolute Gasteiger partial charge is 0.397 e. The van der Waals surface area contributed by atoms with E-state index < -0.39 is 17.6 Å². The number of rotatable bonds is 5. The van der Waals surface area contributed by atoms with Crippen LogP contribution in [-0.4, -0.2) is 11.7 Å². The normalized spacial score (nSPS) is 11.1. The molecule has 0 aromatic heterocycles. The van der Waals surface area contributed by atoms with Crippen molar-refractivity contribution in [2.24, 2.45) is 0 Å². The van der Waals surface area contributed by atoms with E-state index in [4.69, 9.17) is 11.0 Å². The molecular formula is C18H15BrF3N3OS. The molecule has 142 valence electrons. The molecule has 0 aliphatic carbocycles. The quantitative estimate of drug-likeness (QED) is 0.490. The predicted molar refractivity (Wildman–Crippen MR) is 102 cm³/mol. The minimum atomic E-state index is -4.60. The summed E-state index contributed by atoms with van der Waals surface area (Å²) in [6.45, 7) is 2.02. The number of amides is 1. The van der Waals surface area contributed by atoms with Gasteiger partial charge in [0.05, 0.1) is 28.4 Å². The number of anilines is 1. The summed E-state index contributed by atoms with van der Waals surface area (Å²) in [6.07, 6.45) is -4.60. The topological polar surface area (TPSA) is 78.9 Å². The molecule has 3 N–H and O–H groups in total. The number of nitrogens with one attached hydrogen (secondary N) is 1. The van der Waals surface area contributed by atoms with Crippen molar-refractivity contribution < 1.29 is 18.0 Å². The van der Waals surface area contributed by atoms with Gasteiger partial charge in [-0.3, -0.25) is 4.79 Å². The second-order valence-corrected chi connectivity index (χ2v) is 7.63. The number of hydrogen-bond acceptors (Lipinski definition) is 4. The number of nitrogens with zero attached hydrogens (tertiary/aromatic N) is 1. The fraction of sp³-hybridized carbons (Fsp3) is 0.222. The van der Waals surface area contributed by atoms with Gasteiger partial charge in [-0.15, -0.1) is 11.8 Å². The van der Waals surface area contributed by atoms with Gasteiger partial charge in [0.2, 0.25) is 0 Å². The Morgan fingerprint density at radius 1 is 1.33 bits per heavy atom. The molecule has 4 nitrogen and oxygen atoms in total. The molecule has 0 bridgehead atoms. The van der Waals surface area contributed by atoms with Gasteiger partial charge in [-0.25, -0.2) is 0 Å². The highest BCUT2D eigenvalue weighted by Crippen LogP contribution is 2.35. The second kappa shape index (κ2) is 8.67. The molecule has 0 atom stereocenters. The molecule has 0 fully saturated rings. The highest BCUT2D eigenvalue weighted by atomic mass is 79.9. The fourth-order valence-corrected chi connectivity index (χ4v) is 3.58. The molecule has 0 unspecified atom stereocenters. The summed E-state index contributed by atoms with van der Waals surface area (Å²) >= 11 is 4.50. The fourth-order valence-electron chi connectivity index (χ4n) is 2.32. The van der Waals surface area contributed by atoms with Crippen LogP contribution in [0.25, 0.3) is 0 Å². The van der Waals surface area contributed by atoms with Crippen molar-refractivity contribution in [2.75, 3.05) is 11.5 Å². The van der Waals surface area contributed by atoms with Gasteiger partial charge in [0, 0.05) is 15.9 Å². The summed E-state index contributed by atoms with van der Waals surface area (Å²) in [7, 11) is 0. The Bertz CT molecular complexity index is 910. The molecule has 0 saturated heterocycles. The summed E-state index contributed by atoms with van der Waals surface area (Å²) in [5.74, 6) is 0.0644. The lowest BCUT2D eigenvalue weighted by Crippen LogP contribution is -2.25. The van der Waals surface area contributed by atoms with Gasteiger partial charge in [0.25, 0.3) is 5.91 Å². The van der Waals surface area contributed by atoms with Crippen molar-refractivity contribution in [2.45, 2.75) is 24.5 Å². The second-order valence-electron chi connectivity index (χ2n) is 5.47. The predicted octanol–water partition coefficient (Wildman–Crippen LogP) is 4.96. The summed E-state index contributed by atoms with van der Waals surface area (Å²) in [6, 6.07) is 8.68. The third-order valence-electron chi connectivity index (χ3n) is 3.63. The van der Waals surface area contributed by atoms with E-state index in [9.17, 15) is 18.0 Å². The van der Waals surface area contributed by atoms with Crippen LogP contribution in [0.15, 0.2) is 39.7 Å². The van der Waals surface area contributed by atoms with Crippen LogP contribution < -0.4 is 11.1 Å². The Hall–Kier alpha value is -2.18. The lowest BCUT2D eigenvalue weighted by molar-refractivity contribution is -0.137. The van der Waals surface area contributed by atoms with Crippen molar-refractivity contribution in [3.05, 3.63) is 57.1 Å². The summed E-state index contributed by atoms with van der Waals surface area (Å²) in [5, 5.41) is 11.6. The number of alkyl halides is 3. The van der Waals surface area contributed by atoms with E-state index in [2.05, 4.69) is 21.2 Å². The molecule has 0 aliphatic heterocycles. The zero-order chi connectivity index (χ0) is 20.2. The molecule has 2 rings (SSSR count). The monoisotopic (exact) mass is 457 g/mol. The van der Waals surface area contributed by atoms with Crippen LogP contribution in [0.3, 0.4) is 0 Å². The van der Waals surface area contributed by atoms with E-state index in [1.54, 1.807) is 18.2 Å². The van der Waals surface area contributed by atoms with Crippen LogP contribution in [0.4, 0.5) is 18.9 Å². The Labute approximate surface area is 167 Å². The third-order valence-corrected chi connectivity index (χ3v) is 5.28. The van der Waals surface area contributed by atoms with Gasteiger partial charge < -0.3 is 11.1 Å². The number of nitrogens with two attached hydrogens (primary N) is 1. The van der Waals surface area contributed by atoms with E-state index in [1.807, 2.05) is 13.0 Å². The van der Waals surface area contributed by atoms with Gasteiger partial charge in [-0.1, -0.05) is 6.92 Å². The first kappa shape index (κ1) is 21.1. The molecular weight excluding hydrogens is 443 g/mol. The average molecular weight is 458 g/mol. The van der Waals surface area contributed by atoms with E-state index in [0.29, 0.717) is 11.1 Å². The SMILES string of the molecule is CCSc1ccc(C#N)cc1CNC(=O)c1cc(C(F)(F)F)cc(Br)c1N. The minimum absolute atomic E-state index is 0.00354. The number of benzene rings is 2.